The van der Waals surface area contributed by atoms with Crippen LogP contribution in [0.2, 0.25) is 10.3 Å². The predicted octanol–water partition coefficient (Wildman–Crippen LogP) is 3.39. The molecule has 1 aliphatic rings. The fourth-order valence-corrected chi connectivity index (χ4v) is 5.61. The standard InChI is InChI=1S/C18H18Cl2FN3O3S/c1-11-2-7-15(18(25)22-10-12-8-16(19)23-17(20)9-12)24(11)28(26,27)14-5-3-13(21)4-6-14/h3-6,8-9,11,15H,2,7,10H2,1H3,(H,22,25)/t11-,15-/m0/s1. The van der Waals surface area contributed by atoms with Gasteiger partial charge in [0.05, 0.1) is 4.90 Å². The maximum absolute atomic E-state index is 13.2. The maximum Gasteiger partial charge on any atom is 0.244 e. The van der Waals surface area contributed by atoms with E-state index in [1.54, 1.807) is 19.1 Å². The van der Waals surface area contributed by atoms with Gasteiger partial charge in [0.15, 0.2) is 0 Å². The Hall–Kier alpha value is -1.74. The summed E-state index contributed by atoms with van der Waals surface area (Å²) in [5.41, 5.74) is 0.650. The Morgan fingerprint density at radius 3 is 2.43 bits per heavy atom. The number of carbonyl (C=O) groups is 1. The van der Waals surface area contributed by atoms with Crippen molar-refractivity contribution in [3.63, 3.8) is 0 Å². The van der Waals surface area contributed by atoms with E-state index in [1.807, 2.05) is 0 Å². The molecular formula is C18H18Cl2FN3O3S. The highest BCUT2D eigenvalue weighted by atomic mass is 35.5. The van der Waals surface area contributed by atoms with E-state index in [0.29, 0.717) is 18.4 Å². The highest BCUT2D eigenvalue weighted by Crippen LogP contribution is 2.31. The minimum absolute atomic E-state index is 0.0480. The molecule has 1 fully saturated rings. The van der Waals surface area contributed by atoms with Crippen molar-refractivity contribution in [2.75, 3.05) is 0 Å². The Morgan fingerprint density at radius 2 is 1.82 bits per heavy atom. The van der Waals surface area contributed by atoms with Gasteiger partial charge < -0.3 is 5.32 Å². The van der Waals surface area contributed by atoms with Crippen molar-refractivity contribution < 1.29 is 17.6 Å². The molecule has 0 bridgehead atoms. The number of halogens is 3. The van der Waals surface area contributed by atoms with E-state index in [0.717, 1.165) is 12.1 Å². The van der Waals surface area contributed by atoms with Crippen molar-refractivity contribution in [3.05, 3.63) is 58.1 Å². The van der Waals surface area contributed by atoms with Crippen LogP contribution in [0, 0.1) is 5.82 Å². The zero-order chi connectivity index (χ0) is 20.5. The summed E-state index contributed by atoms with van der Waals surface area (Å²) < 4.78 is 40.4. The zero-order valence-corrected chi connectivity index (χ0v) is 17.2. The second kappa shape index (κ2) is 8.32. The molecule has 1 aromatic carbocycles. The average molecular weight is 446 g/mol. The maximum atomic E-state index is 13.2. The molecule has 1 aliphatic heterocycles. The third-order valence-corrected chi connectivity index (χ3v) is 7.01. The van der Waals surface area contributed by atoms with Crippen LogP contribution in [-0.2, 0) is 21.4 Å². The van der Waals surface area contributed by atoms with Crippen LogP contribution >= 0.6 is 23.2 Å². The molecule has 150 valence electrons. The van der Waals surface area contributed by atoms with Crippen LogP contribution < -0.4 is 5.32 Å². The van der Waals surface area contributed by atoms with Crippen molar-refractivity contribution in [2.45, 2.75) is 43.3 Å². The van der Waals surface area contributed by atoms with Gasteiger partial charge in [0.1, 0.15) is 22.2 Å². The first-order valence-corrected chi connectivity index (χ1v) is 10.8. The molecule has 1 saturated heterocycles. The molecule has 2 aromatic rings. The third kappa shape index (κ3) is 4.46. The molecule has 3 rings (SSSR count). The lowest BCUT2D eigenvalue weighted by Gasteiger charge is -2.27. The minimum atomic E-state index is -3.94. The number of benzene rings is 1. The van der Waals surface area contributed by atoms with Crippen LogP contribution in [0.3, 0.4) is 0 Å². The molecule has 10 heteroatoms. The Morgan fingerprint density at radius 1 is 1.21 bits per heavy atom. The molecule has 1 amide bonds. The summed E-state index contributed by atoms with van der Waals surface area (Å²) in [4.78, 5) is 16.5. The van der Waals surface area contributed by atoms with E-state index in [2.05, 4.69) is 10.3 Å². The Balaban J connectivity index is 1.78. The van der Waals surface area contributed by atoms with E-state index in [4.69, 9.17) is 23.2 Å². The van der Waals surface area contributed by atoms with Gasteiger partial charge in [0.25, 0.3) is 0 Å². The van der Waals surface area contributed by atoms with Crippen molar-refractivity contribution in [1.29, 1.82) is 0 Å². The lowest BCUT2D eigenvalue weighted by Crippen LogP contribution is -2.48. The summed E-state index contributed by atoms with van der Waals surface area (Å²) in [5.74, 6) is -0.948. The predicted molar refractivity (Wildman–Crippen MR) is 104 cm³/mol. The van der Waals surface area contributed by atoms with Gasteiger partial charge in [0, 0.05) is 12.6 Å². The lowest BCUT2D eigenvalue weighted by molar-refractivity contribution is -0.124. The van der Waals surface area contributed by atoms with Crippen LogP contribution in [0.1, 0.15) is 25.3 Å². The number of hydrogen-bond acceptors (Lipinski definition) is 4. The molecule has 28 heavy (non-hydrogen) atoms. The van der Waals surface area contributed by atoms with Crippen LogP contribution in [0.25, 0.3) is 0 Å². The van der Waals surface area contributed by atoms with Gasteiger partial charge in [-0.25, -0.2) is 17.8 Å². The third-order valence-electron chi connectivity index (χ3n) is 4.58. The highest BCUT2D eigenvalue weighted by molar-refractivity contribution is 7.89. The van der Waals surface area contributed by atoms with Gasteiger partial charge in [-0.05, 0) is 61.7 Å². The fourth-order valence-electron chi connectivity index (χ4n) is 3.26. The highest BCUT2D eigenvalue weighted by Gasteiger charge is 2.43. The number of nitrogens with zero attached hydrogens (tertiary/aromatic N) is 2. The quantitative estimate of drug-likeness (QED) is 0.715. The molecule has 2 atom stereocenters. The summed E-state index contributed by atoms with van der Waals surface area (Å²) in [5, 5.41) is 3.13. The largest absolute Gasteiger partial charge is 0.351 e. The normalized spacial score (nSPS) is 20.3. The number of carbonyl (C=O) groups excluding carboxylic acids is 1. The molecule has 6 nitrogen and oxygen atoms in total. The molecule has 2 heterocycles. The second-order valence-corrected chi connectivity index (χ2v) is 9.19. The summed E-state index contributed by atoms with van der Waals surface area (Å²) >= 11 is 11.7. The number of pyridine rings is 1. The van der Waals surface area contributed by atoms with Crippen molar-refractivity contribution >= 4 is 39.1 Å². The van der Waals surface area contributed by atoms with E-state index in [-0.39, 0.29) is 27.8 Å². The SMILES string of the molecule is C[C@H]1CC[C@@H](C(=O)NCc2cc(Cl)nc(Cl)c2)N1S(=O)(=O)c1ccc(F)cc1. The van der Waals surface area contributed by atoms with Gasteiger partial charge in [-0.15, -0.1) is 0 Å². The van der Waals surface area contributed by atoms with Crippen LogP contribution in [-0.4, -0.2) is 35.7 Å². The first-order chi connectivity index (χ1) is 13.2. The smallest absolute Gasteiger partial charge is 0.244 e. The number of hydrogen-bond donors (Lipinski definition) is 1. The topological polar surface area (TPSA) is 79.4 Å². The van der Waals surface area contributed by atoms with Gasteiger partial charge in [0.2, 0.25) is 15.9 Å². The Kier molecular flexibility index (Phi) is 6.24. The summed E-state index contributed by atoms with van der Waals surface area (Å²) in [6, 6.07) is 6.50. The molecule has 0 unspecified atom stereocenters. The number of sulfonamides is 1. The van der Waals surface area contributed by atoms with Crippen LogP contribution in [0.5, 0.6) is 0 Å². The fraction of sp³-hybridized carbons (Fsp3) is 0.333. The summed E-state index contributed by atoms with van der Waals surface area (Å²) in [7, 11) is -3.94. The van der Waals surface area contributed by atoms with E-state index >= 15 is 0 Å². The zero-order valence-electron chi connectivity index (χ0n) is 14.9. The molecule has 1 aromatic heterocycles. The van der Waals surface area contributed by atoms with Gasteiger partial charge >= 0.3 is 0 Å². The second-order valence-electron chi connectivity index (χ2n) is 6.57. The monoisotopic (exact) mass is 445 g/mol. The molecule has 0 aliphatic carbocycles. The number of rotatable bonds is 5. The van der Waals surface area contributed by atoms with Crippen LogP contribution in [0.4, 0.5) is 4.39 Å². The van der Waals surface area contributed by atoms with Gasteiger partial charge in [-0.1, -0.05) is 23.2 Å². The Labute approximate surface area is 172 Å². The molecule has 1 N–H and O–H groups in total. The van der Waals surface area contributed by atoms with Crippen LogP contribution in [0.15, 0.2) is 41.3 Å². The van der Waals surface area contributed by atoms with E-state index in [1.165, 1.54) is 16.4 Å². The van der Waals surface area contributed by atoms with Gasteiger partial charge in [-0.3, -0.25) is 4.79 Å². The first-order valence-electron chi connectivity index (χ1n) is 8.57. The molecule has 0 saturated carbocycles. The summed E-state index contributed by atoms with van der Waals surface area (Å²) in [6.07, 6.45) is 0.941. The number of aromatic nitrogens is 1. The van der Waals surface area contributed by atoms with Crippen molar-refractivity contribution in [1.82, 2.24) is 14.6 Å². The summed E-state index contributed by atoms with van der Waals surface area (Å²) in [6.45, 7) is 1.88. The molecule has 0 radical (unpaired) electrons. The number of nitrogens with one attached hydrogen (secondary N) is 1. The van der Waals surface area contributed by atoms with Gasteiger partial charge in [-0.2, -0.15) is 4.31 Å². The molecular weight excluding hydrogens is 428 g/mol. The number of amides is 1. The van der Waals surface area contributed by atoms with Crippen molar-refractivity contribution in [3.8, 4) is 0 Å². The first kappa shape index (κ1) is 21.0. The lowest BCUT2D eigenvalue weighted by atomic mass is 10.2. The Bertz CT molecular complexity index is 966. The minimum Gasteiger partial charge on any atom is -0.351 e. The van der Waals surface area contributed by atoms with E-state index in [9.17, 15) is 17.6 Å². The van der Waals surface area contributed by atoms with Crippen molar-refractivity contribution in [2.24, 2.45) is 0 Å². The average Bonchev–Trinajstić information content (AvgIpc) is 3.02. The van der Waals surface area contributed by atoms with E-state index < -0.39 is 27.8 Å². The molecule has 0 spiro atoms.